The number of amides is 1. The van der Waals surface area contributed by atoms with Gasteiger partial charge in [-0.2, -0.15) is 0 Å². The number of nitrogens with zero attached hydrogens (tertiary/aromatic N) is 1. The number of carboxylic acid groups (broad SMARTS) is 1. The summed E-state index contributed by atoms with van der Waals surface area (Å²) in [6, 6.07) is 6.06. The van der Waals surface area contributed by atoms with Crippen LogP contribution in [0.1, 0.15) is 31.4 Å². The highest BCUT2D eigenvalue weighted by molar-refractivity contribution is 5.86. The molecular formula is C17H20FNO4. The predicted molar refractivity (Wildman–Crippen MR) is 80.1 cm³/mol. The molecule has 6 heteroatoms. The first kappa shape index (κ1) is 15.9. The number of ether oxygens (including phenoxy) is 1. The predicted octanol–water partition coefficient (Wildman–Crippen LogP) is 2.22. The van der Waals surface area contributed by atoms with E-state index in [0.29, 0.717) is 25.9 Å². The van der Waals surface area contributed by atoms with Crippen LogP contribution in [0.3, 0.4) is 0 Å². The minimum Gasteiger partial charge on any atom is -0.481 e. The third kappa shape index (κ3) is 3.22. The summed E-state index contributed by atoms with van der Waals surface area (Å²) in [4.78, 5) is 25.4. The van der Waals surface area contributed by atoms with Gasteiger partial charge < -0.3 is 14.7 Å². The van der Waals surface area contributed by atoms with Crippen molar-refractivity contribution in [3.63, 3.8) is 0 Å². The maximum atomic E-state index is 13.1. The molecule has 1 N–H and O–H groups in total. The Morgan fingerprint density at radius 1 is 1.17 bits per heavy atom. The normalized spacial score (nSPS) is 30.6. The Morgan fingerprint density at radius 3 is 2.39 bits per heavy atom. The minimum atomic E-state index is -0.897. The molecule has 2 fully saturated rings. The molecule has 23 heavy (non-hydrogen) atoms. The average Bonchev–Trinajstić information content (AvgIpc) is 2.45. The van der Waals surface area contributed by atoms with Crippen molar-refractivity contribution in [2.75, 3.05) is 13.1 Å². The van der Waals surface area contributed by atoms with Gasteiger partial charge >= 0.3 is 5.97 Å². The zero-order valence-corrected chi connectivity index (χ0v) is 12.9. The van der Waals surface area contributed by atoms with E-state index in [0.717, 1.165) is 5.56 Å². The van der Waals surface area contributed by atoms with Gasteiger partial charge in [-0.1, -0.05) is 12.1 Å². The summed E-state index contributed by atoms with van der Waals surface area (Å²) in [6.45, 7) is 2.71. The molecule has 1 aromatic carbocycles. The van der Waals surface area contributed by atoms with E-state index in [-0.39, 0.29) is 23.9 Å². The number of benzene rings is 1. The van der Waals surface area contributed by atoms with Crippen molar-refractivity contribution in [2.24, 2.45) is 11.8 Å². The van der Waals surface area contributed by atoms with Crippen molar-refractivity contribution in [2.45, 2.75) is 32.0 Å². The molecule has 0 spiro atoms. The maximum Gasteiger partial charge on any atom is 0.307 e. The van der Waals surface area contributed by atoms with Crippen LogP contribution in [0, 0.1) is 17.7 Å². The van der Waals surface area contributed by atoms with Crippen molar-refractivity contribution >= 4 is 11.9 Å². The van der Waals surface area contributed by atoms with Crippen molar-refractivity contribution < 1.29 is 23.8 Å². The van der Waals surface area contributed by atoms with E-state index in [4.69, 9.17) is 9.84 Å². The standard InChI is InChI=1S/C17H20FNO4/c1-10-8-19(16(20)13-6-7-14(13)17(21)22)9-15(23-10)11-2-4-12(18)5-3-11/h2-5,10,13-15H,6-9H2,1H3,(H,21,22). The van der Waals surface area contributed by atoms with E-state index in [1.54, 1.807) is 17.0 Å². The number of carbonyl (C=O) groups excluding carboxylic acids is 1. The lowest BCUT2D eigenvalue weighted by atomic mass is 9.72. The zero-order chi connectivity index (χ0) is 16.6. The molecule has 1 aliphatic carbocycles. The van der Waals surface area contributed by atoms with Crippen LogP contribution in [0.2, 0.25) is 0 Å². The molecule has 4 unspecified atom stereocenters. The molecule has 3 rings (SSSR count). The van der Waals surface area contributed by atoms with E-state index in [1.165, 1.54) is 12.1 Å². The topological polar surface area (TPSA) is 66.8 Å². The lowest BCUT2D eigenvalue weighted by Gasteiger charge is -2.41. The van der Waals surface area contributed by atoms with Crippen LogP contribution in [0.15, 0.2) is 24.3 Å². The van der Waals surface area contributed by atoms with E-state index in [1.807, 2.05) is 6.92 Å². The minimum absolute atomic E-state index is 0.106. The van der Waals surface area contributed by atoms with Gasteiger partial charge in [0.2, 0.25) is 5.91 Å². The molecule has 2 aliphatic rings. The Bertz CT molecular complexity index is 603. The van der Waals surface area contributed by atoms with Crippen molar-refractivity contribution in [3.8, 4) is 0 Å². The molecule has 4 atom stereocenters. The molecule has 1 heterocycles. The van der Waals surface area contributed by atoms with E-state index in [9.17, 15) is 14.0 Å². The molecule has 5 nitrogen and oxygen atoms in total. The van der Waals surface area contributed by atoms with Gasteiger partial charge in [0.05, 0.1) is 24.5 Å². The van der Waals surface area contributed by atoms with E-state index < -0.39 is 17.8 Å². The number of morpholine rings is 1. The second-order valence-corrected chi connectivity index (χ2v) is 6.36. The highest BCUT2D eigenvalue weighted by atomic mass is 19.1. The van der Waals surface area contributed by atoms with Gasteiger partial charge in [0.1, 0.15) is 11.9 Å². The summed E-state index contributed by atoms with van der Waals surface area (Å²) in [5.41, 5.74) is 0.819. The van der Waals surface area contributed by atoms with Crippen LogP contribution in [0.5, 0.6) is 0 Å². The van der Waals surface area contributed by atoms with Gasteiger partial charge in [-0.05, 0) is 37.5 Å². The van der Waals surface area contributed by atoms with Gasteiger partial charge in [0.25, 0.3) is 0 Å². The first-order chi connectivity index (χ1) is 11.0. The van der Waals surface area contributed by atoms with Gasteiger partial charge in [0.15, 0.2) is 0 Å². The summed E-state index contributed by atoms with van der Waals surface area (Å²) in [7, 11) is 0. The molecule has 1 amide bonds. The summed E-state index contributed by atoms with van der Waals surface area (Å²) in [5.74, 6) is -2.31. The largest absolute Gasteiger partial charge is 0.481 e. The van der Waals surface area contributed by atoms with Crippen LogP contribution in [-0.4, -0.2) is 41.1 Å². The lowest BCUT2D eigenvalue weighted by molar-refractivity contribution is -0.163. The molecule has 1 saturated heterocycles. The van der Waals surface area contributed by atoms with E-state index in [2.05, 4.69) is 0 Å². The lowest BCUT2D eigenvalue weighted by Crippen LogP contribution is -2.52. The summed E-state index contributed by atoms with van der Waals surface area (Å²) < 4.78 is 18.9. The van der Waals surface area contributed by atoms with Crippen molar-refractivity contribution in [3.05, 3.63) is 35.6 Å². The second-order valence-electron chi connectivity index (χ2n) is 6.36. The zero-order valence-electron chi connectivity index (χ0n) is 12.9. The second kappa shape index (κ2) is 6.28. The number of halogens is 1. The van der Waals surface area contributed by atoms with Gasteiger partial charge in [-0.3, -0.25) is 9.59 Å². The van der Waals surface area contributed by atoms with Crippen LogP contribution in [-0.2, 0) is 14.3 Å². The molecule has 0 aromatic heterocycles. The Hall–Kier alpha value is -1.95. The third-order valence-corrected chi connectivity index (χ3v) is 4.72. The number of hydrogen-bond donors (Lipinski definition) is 1. The quantitative estimate of drug-likeness (QED) is 0.927. The fourth-order valence-electron chi connectivity index (χ4n) is 3.32. The third-order valence-electron chi connectivity index (χ3n) is 4.72. The molecule has 1 aromatic rings. The fourth-order valence-corrected chi connectivity index (χ4v) is 3.32. The SMILES string of the molecule is CC1CN(C(=O)C2CCC2C(=O)O)CC(c2ccc(F)cc2)O1. The first-order valence-corrected chi connectivity index (χ1v) is 7.88. The summed E-state index contributed by atoms with van der Waals surface area (Å²) in [6.07, 6.45) is 0.730. The van der Waals surface area contributed by atoms with Crippen LogP contribution in [0.25, 0.3) is 0 Å². The van der Waals surface area contributed by atoms with Crippen LogP contribution >= 0.6 is 0 Å². The highest BCUT2D eigenvalue weighted by Gasteiger charge is 2.44. The number of rotatable bonds is 3. The Labute approximate surface area is 134 Å². The molecular weight excluding hydrogens is 301 g/mol. The van der Waals surface area contributed by atoms with Gasteiger partial charge in [0, 0.05) is 6.54 Å². The number of carboxylic acids is 1. The van der Waals surface area contributed by atoms with Crippen LogP contribution < -0.4 is 0 Å². The molecule has 0 bridgehead atoms. The van der Waals surface area contributed by atoms with Crippen molar-refractivity contribution in [1.29, 1.82) is 0 Å². The number of hydrogen-bond acceptors (Lipinski definition) is 3. The molecule has 1 saturated carbocycles. The highest BCUT2D eigenvalue weighted by Crippen LogP contribution is 2.37. The number of carbonyl (C=O) groups is 2. The fraction of sp³-hybridized carbons (Fsp3) is 0.529. The van der Waals surface area contributed by atoms with Gasteiger partial charge in [-0.15, -0.1) is 0 Å². The van der Waals surface area contributed by atoms with Crippen molar-refractivity contribution in [1.82, 2.24) is 4.90 Å². The van der Waals surface area contributed by atoms with Gasteiger partial charge in [-0.25, -0.2) is 4.39 Å². The molecule has 0 radical (unpaired) electrons. The first-order valence-electron chi connectivity index (χ1n) is 7.88. The Kier molecular flexibility index (Phi) is 4.35. The number of aliphatic carboxylic acids is 1. The summed E-state index contributed by atoms with van der Waals surface area (Å²) >= 11 is 0. The monoisotopic (exact) mass is 321 g/mol. The summed E-state index contributed by atoms with van der Waals surface area (Å²) in [5, 5.41) is 9.13. The average molecular weight is 321 g/mol. The molecule has 124 valence electrons. The molecule has 1 aliphatic heterocycles. The van der Waals surface area contributed by atoms with E-state index >= 15 is 0 Å². The van der Waals surface area contributed by atoms with Crippen LogP contribution in [0.4, 0.5) is 4.39 Å². The smallest absolute Gasteiger partial charge is 0.307 e. The maximum absolute atomic E-state index is 13.1. The Morgan fingerprint density at radius 2 is 1.83 bits per heavy atom. The Balaban J connectivity index is 1.71.